The molecule has 3 N–H and O–H groups in total. The van der Waals surface area contributed by atoms with Crippen LogP contribution in [0.2, 0.25) is 0 Å². The van der Waals surface area contributed by atoms with E-state index in [0.29, 0.717) is 5.56 Å². The third-order valence-electron chi connectivity index (χ3n) is 2.93. The van der Waals surface area contributed by atoms with Gasteiger partial charge in [-0.3, -0.25) is 0 Å². The Morgan fingerprint density at radius 3 is 2.63 bits per heavy atom. The molecule has 2 rings (SSSR count). The van der Waals surface area contributed by atoms with E-state index in [1.165, 1.54) is 12.1 Å². The maximum Gasteiger partial charge on any atom is 0.121 e. The summed E-state index contributed by atoms with van der Waals surface area (Å²) in [5.41, 5.74) is 1.53. The van der Waals surface area contributed by atoms with Crippen LogP contribution >= 0.6 is 0 Å². The summed E-state index contributed by atoms with van der Waals surface area (Å²) >= 11 is 0. The maximum atomic E-state index is 9.81. The predicted octanol–water partition coefficient (Wildman–Crippen LogP) is 3.28. The standard InChI is InChI=1S/C15H17NO3/c1-10(14-9-12(17)6-7-15(14)18)16-11-4-3-5-13(8-11)19-2/h3-10,16-18H,1-2H3. The van der Waals surface area contributed by atoms with Crippen molar-refractivity contribution >= 4 is 5.69 Å². The van der Waals surface area contributed by atoms with Gasteiger partial charge in [-0.1, -0.05) is 6.07 Å². The van der Waals surface area contributed by atoms with Gasteiger partial charge in [-0.2, -0.15) is 0 Å². The zero-order chi connectivity index (χ0) is 13.8. The summed E-state index contributed by atoms with van der Waals surface area (Å²) in [5, 5.41) is 22.5. The van der Waals surface area contributed by atoms with Crippen LogP contribution in [-0.4, -0.2) is 17.3 Å². The van der Waals surface area contributed by atoms with Crippen LogP contribution in [0.1, 0.15) is 18.5 Å². The topological polar surface area (TPSA) is 61.7 Å². The second kappa shape index (κ2) is 5.52. The molecule has 0 aliphatic carbocycles. The van der Waals surface area contributed by atoms with E-state index in [2.05, 4.69) is 5.32 Å². The lowest BCUT2D eigenvalue weighted by atomic mass is 10.1. The molecule has 0 aliphatic heterocycles. The lowest BCUT2D eigenvalue weighted by Gasteiger charge is -2.17. The second-order valence-electron chi connectivity index (χ2n) is 4.34. The van der Waals surface area contributed by atoms with Crippen LogP contribution in [0.3, 0.4) is 0 Å². The summed E-state index contributed by atoms with van der Waals surface area (Å²) in [6.07, 6.45) is 0. The van der Waals surface area contributed by atoms with Crippen LogP contribution in [0.4, 0.5) is 5.69 Å². The number of nitrogens with one attached hydrogen (secondary N) is 1. The van der Waals surface area contributed by atoms with Gasteiger partial charge in [-0.15, -0.1) is 0 Å². The van der Waals surface area contributed by atoms with E-state index in [1.54, 1.807) is 13.2 Å². The van der Waals surface area contributed by atoms with Gasteiger partial charge < -0.3 is 20.3 Å². The average Bonchev–Trinajstić information content (AvgIpc) is 2.41. The van der Waals surface area contributed by atoms with Gasteiger partial charge in [0.15, 0.2) is 0 Å². The summed E-state index contributed by atoms with van der Waals surface area (Å²) in [7, 11) is 1.61. The zero-order valence-corrected chi connectivity index (χ0v) is 10.9. The van der Waals surface area contributed by atoms with Crippen molar-refractivity contribution in [1.29, 1.82) is 0 Å². The van der Waals surface area contributed by atoms with Crippen molar-refractivity contribution in [1.82, 2.24) is 0 Å². The van der Waals surface area contributed by atoms with Gasteiger partial charge in [0.05, 0.1) is 13.2 Å². The molecule has 0 spiro atoms. The maximum absolute atomic E-state index is 9.81. The summed E-state index contributed by atoms with van der Waals surface area (Å²) in [5.74, 6) is 1.05. The lowest BCUT2D eigenvalue weighted by molar-refractivity contribution is 0.415. The van der Waals surface area contributed by atoms with Gasteiger partial charge >= 0.3 is 0 Å². The molecular weight excluding hydrogens is 242 g/mol. The number of phenols is 2. The Kier molecular flexibility index (Phi) is 3.80. The minimum absolute atomic E-state index is 0.132. The first-order chi connectivity index (χ1) is 9.10. The molecular formula is C15H17NO3. The Bertz CT molecular complexity index is 569. The fourth-order valence-corrected chi connectivity index (χ4v) is 1.93. The second-order valence-corrected chi connectivity index (χ2v) is 4.34. The largest absolute Gasteiger partial charge is 0.508 e. The molecule has 19 heavy (non-hydrogen) atoms. The highest BCUT2D eigenvalue weighted by molar-refractivity contribution is 5.51. The first kappa shape index (κ1) is 13.1. The third-order valence-corrected chi connectivity index (χ3v) is 2.93. The first-order valence-electron chi connectivity index (χ1n) is 6.02. The molecule has 0 saturated heterocycles. The van der Waals surface area contributed by atoms with E-state index < -0.39 is 0 Å². The molecule has 0 fully saturated rings. The van der Waals surface area contributed by atoms with Crippen molar-refractivity contribution in [2.24, 2.45) is 0 Å². The molecule has 1 atom stereocenters. The van der Waals surface area contributed by atoms with Crippen LogP contribution in [0, 0.1) is 0 Å². The zero-order valence-electron chi connectivity index (χ0n) is 10.9. The van der Waals surface area contributed by atoms with Crippen LogP contribution in [-0.2, 0) is 0 Å². The van der Waals surface area contributed by atoms with Crippen molar-refractivity contribution in [2.45, 2.75) is 13.0 Å². The Hall–Kier alpha value is -2.36. The molecule has 100 valence electrons. The SMILES string of the molecule is COc1cccc(NC(C)c2cc(O)ccc2O)c1. The van der Waals surface area contributed by atoms with Crippen LogP contribution in [0.5, 0.6) is 17.2 Å². The quantitative estimate of drug-likeness (QED) is 0.737. The highest BCUT2D eigenvalue weighted by Gasteiger charge is 2.11. The van der Waals surface area contributed by atoms with Gasteiger partial charge in [0.1, 0.15) is 17.2 Å². The van der Waals surface area contributed by atoms with Crippen LogP contribution in [0.25, 0.3) is 0 Å². The third kappa shape index (κ3) is 3.10. The van der Waals surface area contributed by atoms with Crippen molar-refractivity contribution in [3.8, 4) is 17.2 Å². The highest BCUT2D eigenvalue weighted by atomic mass is 16.5. The fourth-order valence-electron chi connectivity index (χ4n) is 1.93. The summed E-state index contributed by atoms with van der Waals surface area (Å²) in [4.78, 5) is 0. The molecule has 0 aromatic heterocycles. The van der Waals surface area contributed by atoms with E-state index in [9.17, 15) is 10.2 Å². The molecule has 4 heteroatoms. The molecule has 0 heterocycles. The number of benzene rings is 2. The van der Waals surface area contributed by atoms with Crippen molar-refractivity contribution in [3.63, 3.8) is 0 Å². The van der Waals surface area contributed by atoms with Crippen molar-refractivity contribution in [3.05, 3.63) is 48.0 Å². The monoisotopic (exact) mass is 259 g/mol. The highest BCUT2D eigenvalue weighted by Crippen LogP contribution is 2.30. The fraction of sp³-hybridized carbons (Fsp3) is 0.200. The van der Waals surface area contributed by atoms with Gasteiger partial charge in [-0.05, 0) is 37.3 Å². The number of anilines is 1. The number of methoxy groups -OCH3 is 1. The van der Waals surface area contributed by atoms with E-state index in [1.807, 2.05) is 31.2 Å². The van der Waals surface area contributed by atoms with E-state index >= 15 is 0 Å². The number of rotatable bonds is 4. The predicted molar refractivity (Wildman–Crippen MR) is 74.8 cm³/mol. The summed E-state index contributed by atoms with van der Waals surface area (Å²) < 4.78 is 5.16. The minimum atomic E-state index is -0.140. The smallest absolute Gasteiger partial charge is 0.121 e. The first-order valence-corrected chi connectivity index (χ1v) is 6.02. The number of phenolic OH excluding ortho intramolecular Hbond substituents is 2. The minimum Gasteiger partial charge on any atom is -0.508 e. The molecule has 1 unspecified atom stereocenters. The molecule has 0 radical (unpaired) electrons. The number of ether oxygens (including phenoxy) is 1. The normalized spacial score (nSPS) is 11.9. The van der Waals surface area contributed by atoms with Crippen molar-refractivity contribution in [2.75, 3.05) is 12.4 Å². The van der Waals surface area contributed by atoms with Crippen LogP contribution in [0.15, 0.2) is 42.5 Å². The number of hydrogen-bond donors (Lipinski definition) is 3. The summed E-state index contributed by atoms with van der Waals surface area (Å²) in [6.45, 7) is 1.91. The number of aromatic hydroxyl groups is 2. The van der Waals surface area contributed by atoms with Gasteiger partial charge in [0, 0.05) is 17.3 Å². The number of hydrogen-bond acceptors (Lipinski definition) is 4. The Morgan fingerprint density at radius 1 is 1.11 bits per heavy atom. The van der Waals surface area contributed by atoms with E-state index in [4.69, 9.17) is 4.74 Å². The molecule has 0 amide bonds. The Labute approximate surface area is 112 Å². The Balaban J connectivity index is 2.20. The summed E-state index contributed by atoms with van der Waals surface area (Å²) in [6, 6.07) is 11.9. The van der Waals surface area contributed by atoms with Gasteiger partial charge in [0.2, 0.25) is 0 Å². The molecule has 0 saturated carbocycles. The molecule has 0 aliphatic rings. The van der Waals surface area contributed by atoms with Crippen molar-refractivity contribution < 1.29 is 14.9 Å². The molecule has 2 aromatic carbocycles. The van der Waals surface area contributed by atoms with E-state index in [-0.39, 0.29) is 17.5 Å². The van der Waals surface area contributed by atoms with Crippen LogP contribution < -0.4 is 10.1 Å². The van der Waals surface area contributed by atoms with Gasteiger partial charge in [0.25, 0.3) is 0 Å². The lowest BCUT2D eigenvalue weighted by Crippen LogP contribution is -2.06. The Morgan fingerprint density at radius 2 is 1.89 bits per heavy atom. The van der Waals surface area contributed by atoms with E-state index in [0.717, 1.165) is 11.4 Å². The average molecular weight is 259 g/mol. The molecule has 4 nitrogen and oxygen atoms in total. The molecule has 0 bridgehead atoms. The van der Waals surface area contributed by atoms with Gasteiger partial charge in [-0.25, -0.2) is 0 Å². The molecule has 2 aromatic rings.